The minimum Gasteiger partial charge on any atom is -0.396 e. The van der Waals surface area contributed by atoms with Crippen molar-refractivity contribution in [1.29, 1.82) is 5.26 Å². The smallest absolute Gasteiger partial charge is 0.240 e. The zero-order chi connectivity index (χ0) is 12.7. The lowest BCUT2D eigenvalue weighted by molar-refractivity contribution is -0.127. The third kappa shape index (κ3) is 3.71. The van der Waals surface area contributed by atoms with Gasteiger partial charge in [-0.2, -0.15) is 5.26 Å². The molecule has 1 aliphatic rings. The molecular formula is C13H22N2O2. The van der Waals surface area contributed by atoms with Gasteiger partial charge in [0.2, 0.25) is 5.91 Å². The summed E-state index contributed by atoms with van der Waals surface area (Å²) >= 11 is 0. The highest BCUT2D eigenvalue weighted by molar-refractivity contribution is 5.85. The molecule has 0 heterocycles. The van der Waals surface area contributed by atoms with Crippen LogP contribution in [-0.2, 0) is 4.79 Å². The van der Waals surface area contributed by atoms with E-state index in [2.05, 4.69) is 11.4 Å². The van der Waals surface area contributed by atoms with Crippen LogP contribution in [0.3, 0.4) is 0 Å². The van der Waals surface area contributed by atoms with E-state index in [0.717, 1.165) is 25.7 Å². The fourth-order valence-corrected chi connectivity index (χ4v) is 2.28. The maximum absolute atomic E-state index is 11.9. The van der Waals surface area contributed by atoms with Crippen LogP contribution in [-0.4, -0.2) is 24.2 Å². The average Bonchev–Trinajstić information content (AvgIpc) is 2.83. The van der Waals surface area contributed by atoms with Crippen LogP contribution in [0.1, 0.15) is 45.4 Å². The van der Waals surface area contributed by atoms with Crippen LogP contribution < -0.4 is 5.32 Å². The average molecular weight is 238 g/mol. The third-order valence-corrected chi connectivity index (χ3v) is 3.58. The van der Waals surface area contributed by atoms with Crippen LogP contribution in [0.25, 0.3) is 0 Å². The summed E-state index contributed by atoms with van der Waals surface area (Å²) < 4.78 is 0. The molecule has 0 aromatic carbocycles. The molecule has 1 fully saturated rings. The second-order valence-corrected chi connectivity index (χ2v) is 5.09. The number of aliphatic hydroxyl groups excluding tert-OH is 1. The van der Waals surface area contributed by atoms with Gasteiger partial charge in [0.1, 0.15) is 5.41 Å². The van der Waals surface area contributed by atoms with Gasteiger partial charge in [0, 0.05) is 13.2 Å². The fraction of sp³-hybridized carbons (Fsp3) is 0.846. The third-order valence-electron chi connectivity index (χ3n) is 3.58. The second-order valence-electron chi connectivity index (χ2n) is 5.09. The molecule has 1 rings (SSSR count). The molecule has 0 bridgehead atoms. The number of rotatable bonds is 6. The van der Waals surface area contributed by atoms with Crippen molar-refractivity contribution in [3.63, 3.8) is 0 Å². The van der Waals surface area contributed by atoms with Gasteiger partial charge in [-0.05, 0) is 31.6 Å². The molecule has 0 spiro atoms. The first-order valence-corrected chi connectivity index (χ1v) is 6.45. The second kappa shape index (κ2) is 6.61. The number of nitriles is 1. The van der Waals surface area contributed by atoms with Crippen molar-refractivity contribution < 1.29 is 9.90 Å². The van der Waals surface area contributed by atoms with Gasteiger partial charge in [0.15, 0.2) is 0 Å². The molecule has 1 atom stereocenters. The topological polar surface area (TPSA) is 73.1 Å². The molecule has 4 nitrogen and oxygen atoms in total. The Morgan fingerprint density at radius 2 is 2.18 bits per heavy atom. The van der Waals surface area contributed by atoms with Gasteiger partial charge < -0.3 is 10.4 Å². The molecule has 2 N–H and O–H groups in total. The Labute approximate surface area is 103 Å². The number of nitrogens with one attached hydrogen (secondary N) is 1. The number of carbonyl (C=O) groups is 1. The number of aliphatic hydroxyl groups is 1. The van der Waals surface area contributed by atoms with E-state index in [1.165, 1.54) is 0 Å². The highest BCUT2D eigenvalue weighted by Crippen LogP contribution is 2.37. The number of hydrogen-bond donors (Lipinski definition) is 2. The maximum Gasteiger partial charge on any atom is 0.240 e. The Morgan fingerprint density at radius 1 is 1.53 bits per heavy atom. The maximum atomic E-state index is 11.9. The minimum absolute atomic E-state index is 0.103. The van der Waals surface area contributed by atoms with Crippen LogP contribution in [0.2, 0.25) is 0 Å². The van der Waals surface area contributed by atoms with Crippen molar-refractivity contribution >= 4 is 5.91 Å². The molecule has 0 saturated heterocycles. The van der Waals surface area contributed by atoms with Gasteiger partial charge in [-0.1, -0.05) is 19.8 Å². The molecule has 17 heavy (non-hydrogen) atoms. The summed E-state index contributed by atoms with van der Waals surface area (Å²) in [6, 6.07) is 2.19. The summed E-state index contributed by atoms with van der Waals surface area (Å²) in [5, 5.41) is 20.8. The van der Waals surface area contributed by atoms with Crippen molar-refractivity contribution in [2.24, 2.45) is 11.3 Å². The minimum atomic E-state index is -0.761. The molecule has 1 amide bonds. The van der Waals surface area contributed by atoms with Crippen LogP contribution in [0.15, 0.2) is 0 Å². The number of amides is 1. The normalized spacial score (nSPS) is 19.6. The van der Waals surface area contributed by atoms with Crippen molar-refractivity contribution in [2.45, 2.75) is 45.4 Å². The Balaban J connectivity index is 2.27. The highest BCUT2D eigenvalue weighted by atomic mass is 16.3. The van der Waals surface area contributed by atoms with Crippen LogP contribution in [0.4, 0.5) is 0 Å². The Kier molecular flexibility index (Phi) is 5.43. The molecule has 1 saturated carbocycles. The predicted octanol–water partition coefficient (Wildman–Crippen LogP) is 1.60. The van der Waals surface area contributed by atoms with Gasteiger partial charge in [0.05, 0.1) is 6.07 Å². The molecule has 0 aliphatic heterocycles. The van der Waals surface area contributed by atoms with Crippen LogP contribution in [0.5, 0.6) is 0 Å². The highest BCUT2D eigenvalue weighted by Gasteiger charge is 2.41. The van der Waals surface area contributed by atoms with Crippen molar-refractivity contribution in [3.8, 4) is 6.07 Å². The zero-order valence-corrected chi connectivity index (χ0v) is 10.5. The largest absolute Gasteiger partial charge is 0.396 e. The predicted molar refractivity (Wildman–Crippen MR) is 65.0 cm³/mol. The lowest BCUT2D eigenvalue weighted by Gasteiger charge is -2.19. The standard InChI is InChI=1S/C13H22N2O2/c1-11(9-16)5-4-8-15-12(17)13(10-14)6-2-3-7-13/h11,16H,2-9H2,1H3,(H,15,17). The summed E-state index contributed by atoms with van der Waals surface area (Å²) in [7, 11) is 0. The van der Waals surface area contributed by atoms with Gasteiger partial charge >= 0.3 is 0 Å². The van der Waals surface area contributed by atoms with Gasteiger partial charge in [-0.25, -0.2) is 0 Å². The first-order valence-electron chi connectivity index (χ1n) is 6.45. The first-order chi connectivity index (χ1) is 8.14. The van der Waals surface area contributed by atoms with Gasteiger partial charge in [-0.15, -0.1) is 0 Å². The van der Waals surface area contributed by atoms with E-state index in [4.69, 9.17) is 10.4 Å². The molecule has 0 radical (unpaired) electrons. The van der Waals surface area contributed by atoms with E-state index in [0.29, 0.717) is 19.4 Å². The summed E-state index contributed by atoms with van der Waals surface area (Å²) in [5.41, 5.74) is -0.761. The van der Waals surface area contributed by atoms with E-state index in [1.807, 2.05) is 6.92 Å². The van der Waals surface area contributed by atoms with Crippen LogP contribution in [0, 0.1) is 22.7 Å². The van der Waals surface area contributed by atoms with Gasteiger partial charge in [-0.3, -0.25) is 4.79 Å². The molecule has 0 aromatic heterocycles. The molecule has 1 unspecified atom stereocenters. The summed E-state index contributed by atoms with van der Waals surface area (Å²) in [6.07, 6.45) is 5.10. The SMILES string of the molecule is CC(CO)CCCNC(=O)C1(C#N)CCCC1. The quantitative estimate of drug-likeness (QED) is 0.690. The van der Waals surface area contributed by atoms with E-state index in [1.54, 1.807) is 0 Å². The summed E-state index contributed by atoms with van der Waals surface area (Å²) in [5.74, 6) is 0.178. The Bertz CT molecular complexity index is 290. The number of nitrogens with zero attached hydrogens (tertiary/aromatic N) is 1. The monoisotopic (exact) mass is 238 g/mol. The molecular weight excluding hydrogens is 216 g/mol. The first kappa shape index (κ1) is 14.0. The molecule has 1 aliphatic carbocycles. The zero-order valence-electron chi connectivity index (χ0n) is 10.5. The summed E-state index contributed by atoms with van der Waals surface area (Å²) in [6.45, 7) is 2.78. The lowest BCUT2D eigenvalue weighted by Crippen LogP contribution is -2.38. The molecule has 0 aromatic rings. The Morgan fingerprint density at radius 3 is 2.71 bits per heavy atom. The van der Waals surface area contributed by atoms with E-state index < -0.39 is 5.41 Å². The van der Waals surface area contributed by atoms with E-state index in [-0.39, 0.29) is 18.4 Å². The number of carbonyl (C=O) groups excluding carboxylic acids is 1. The molecule has 96 valence electrons. The van der Waals surface area contributed by atoms with Crippen molar-refractivity contribution in [2.75, 3.05) is 13.2 Å². The molecule has 4 heteroatoms. The fourth-order valence-electron chi connectivity index (χ4n) is 2.28. The van der Waals surface area contributed by atoms with Crippen molar-refractivity contribution in [1.82, 2.24) is 5.32 Å². The van der Waals surface area contributed by atoms with Crippen molar-refractivity contribution in [3.05, 3.63) is 0 Å². The van der Waals surface area contributed by atoms with E-state index in [9.17, 15) is 4.79 Å². The lowest BCUT2D eigenvalue weighted by atomic mass is 9.87. The van der Waals surface area contributed by atoms with Crippen LogP contribution >= 0.6 is 0 Å². The Hall–Kier alpha value is -1.08. The summed E-state index contributed by atoms with van der Waals surface area (Å²) in [4.78, 5) is 11.9. The van der Waals surface area contributed by atoms with Gasteiger partial charge in [0.25, 0.3) is 0 Å². The van der Waals surface area contributed by atoms with E-state index >= 15 is 0 Å². The number of hydrogen-bond acceptors (Lipinski definition) is 3.